The third-order valence-electron chi connectivity index (χ3n) is 1.43. The van der Waals surface area contributed by atoms with Crippen molar-refractivity contribution < 1.29 is 23.7 Å². The molecule has 0 aromatic heterocycles. The summed E-state index contributed by atoms with van der Waals surface area (Å²) >= 11 is 0. The molecule has 5 nitrogen and oxygen atoms in total. The molecule has 0 amide bonds. The predicted molar refractivity (Wildman–Crippen MR) is 47.1 cm³/mol. The van der Waals surface area contributed by atoms with E-state index in [4.69, 9.17) is 9.79 Å². The van der Waals surface area contributed by atoms with Crippen LogP contribution in [0.15, 0.2) is 0 Å². The summed E-state index contributed by atoms with van der Waals surface area (Å²) in [5.41, 5.74) is 0. The number of unbranched alkanes of at least 4 members (excludes halogenated alkanes) is 2. The topological polar surface area (TPSA) is 83.8 Å². The highest BCUT2D eigenvalue weighted by Gasteiger charge is 2.12. The van der Waals surface area contributed by atoms with Crippen molar-refractivity contribution in [2.75, 3.05) is 6.61 Å². The van der Waals surface area contributed by atoms with Crippen LogP contribution in [0.25, 0.3) is 0 Å². The minimum absolute atomic E-state index is 0.0438. The van der Waals surface area contributed by atoms with Crippen molar-refractivity contribution in [3.05, 3.63) is 0 Å². The molecular formula is C7H15O5P. The molecule has 0 aromatic carbocycles. The summed E-state index contributed by atoms with van der Waals surface area (Å²) in [6, 6.07) is 0. The Bertz CT molecular complexity index is 197. The maximum atomic E-state index is 10.5. The summed E-state index contributed by atoms with van der Waals surface area (Å²) in [6.07, 6.45) is 2.59. The number of carbonyl (C=O) groups excluding carboxylic acids is 1. The number of rotatable bonds is 7. The second-order valence-corrected chi connectivity index (χ2v) is 4.08. The molecule has 0 radical (unpaired) electrons. The Morgan fingerprint density at radius 2 is 1.92 bits per heavy atom. The molecule has 0 aliphatic heterocycles. The monoisotopic (exact) mass is 210 g/mol. The summed E-state index contributed by atoms with van der Waals surface area (Å²) in [5, 5.41) is 0. The van der Waals surface area contributed by atoms with E-state index in [-0.39, 0.29) is 12.4 Å². The lowest BCUT2D eigenvalue weighted by Gasteiger charge is -2.03. The number of hydrogen-bond acceptors (Lipinski definition) is 3. The van der Waals surface area contributed by atoms with Gasteiger partial charge in [-0.2, -0.15) is 0 Å². The lowest BCUT2D eigenvalue weighted by Crippen LogP contribution is -1.94. The van der Waals surface area contributed by atoms with Crippen LogP contribution in [-0.4, -0.2) is 22.2 Å². The van der Waals surface area contributed by atoms with E-state index < -0.39 is 7.82 Å². The molecule has 0 spiro atoms. The van der Waals surface area contributed by atoms with E-state index in [0.717, 1.165) is 12.8 Å². The van der Waals surface area contributed by atoms with E-state index in [1.807, 2.05) is 0 Å². The fourth-order valence-electron chi connectivity index (χ4n) is 0.836. The van der Waals surface area contributed by atoms with Gasteiger partial charge in [0.2, 0.25) is 0 Å². The maximum absolute atomic E-state index is 10.5. The average Bonchev–Trinajstić information content (AvgIpc) is 1.93. The first-order valence-corrected chi connectivity index (χ1v) is 5.64. The molecule has 0 rings (SSSR count). The van der Waals surface area contributed by atoms with E-state index in [9.17, 15) is 9.36 Å². The van der Waals surface area contributed by atoms with Crippen molar-refractivity contribution in [3.63, 3.8) is 0 Å². The van der Waals surface area contributed by atoms with Crippen LogP contribution in [0.4, 0.5) is 0 Å². The number of hydrogen-bond donors (Lipinski definition) is 2. The summed E-state index contributed by atoms with van der Waals surface area (Å²) in [5.74, 6) is 0.135. The summed E-state index contributed by atoms with van der Waals surface area (Å²) in [6.45, 7) is 1.56. The van der Waals surface area contributed by atoms with Crippen LogP contribution < -0.4 is 0 Å². The van der Waals surface area contributed by atoms with Gasteiger partial charge in [0.05, 0.1) is 6.61 Å². The van der Waals surface area contributed by atoms with Gasteiger partial charge in [0.25, 0.3) is 0 Å². The van der Waals surface area contributed by atoms with E-state index in [0.29, 0.717) is 12.8 Å². The molecule has 0 heterocycles. The molecule has 78 valence electrons. The summed E-state index contributed by atoms with van der Waals surface area (Å²) in [7, 11) is -4.30. The van der Waals surface area contributed by atoms with E-state index in [1.165, 1.54) is 6.92 Å². The van der Waals surface area contributed by atoms with Crippen LogP contribution in [0, 0.1) is 0 Å². The quantitative estimate of drug-likeness (QED) is 0.488. The molecule has 0 saturated carbocycles. The van der Waals surface area contributed by atoms with Gasteiger partial charge < -0.3 is 14.6 Å². The van der Waals surface area contributed by atoms with Gasteiger partial charge in [-0.15, -0.1) is 0 Å². The van der Waals surface area contributed by atoms with Gasteiger partial charge in [-0.05, 0) is 19.8 Å². The average molecular weight is 210 g/mol. The van der Waals surface area contributed by atoms with Crippen LogP contribution in [0.1, 0.15) is 32.6 Å². The van der Waals surface area contributed by atoms with E-state index >= 15 is 0 Å². The Morgan fingerprint density at radius 3 is 2.38 bits per heavy atom. The van der Waals surface area contributed by atoms with Gasteiger partial charge in [0, 0.05) is 6.42 Å². The Labute approximate surface area is 77.3 Å². The van der Waals surface area contributed by atoms with Crippen LogP contribution in [-0.2, 0) is 13.9 Å². The largest absolute Gasteiger partial charge is 0.469 e. The van der Waals surface area contributed by atoms with E-state index in [2.05, 4.69) is 4.52 Å². The molecule has 0 aliphatic carbocycles. The molecule has 0 atom stereocenters. The van der Waals surface area contributed by atoms with Gasteiger partial charge in [-0.3, -0.25) is 4.52 Å². The first-order chi connectivity index (χ1) is 5.92. The third-order valence-corrected chi connectivity index (χ3v) is 1.95. The predicted octanol–water partition coefficient (Wildman–Crippen LogP) is 1.25. The van der Waals surface area contributed by atoms with Gasteiger partial charge in [-0.1, -0.05) is 6.42 Å². The van der Waals surface area contributed by atoms with Gasteiger partial charge >= 0.3 is 7.82 Å². The fourth-order valence-corrected chi connectivity index (χ4v) is 1.20. The third kappa shape index (κ3) is 11.8. The van der Waals surface area contributed by atoms with Gasteiger partial charge in [-0.25, -0.2) is 4.57 Å². The highest BCUT2D eigenvalue weighted by Crippen LogP contribution is 2.35. The number of ketones is 1. The van der Waals surface area contributed by atoms with Crippen molar-refractivity contribution in [3.8, 4) is 0 Å². The number of phosphoric ester groups is 1. The second-order valence-electron chi connectivity index (χ2n) is 2.84. The van der Waals surface area contributed by atoms with Crippen LogP contribution >= 0.6 is 7.82 Å². The van der Waals surface area contributed by atoms with Crippen molar-refractivity contribution in [1.82, 2.24) is 0 Å². The van der Waals surface area contributed by atoms with Crippen LogP contribution in [0.5, 0.6) is 0 Å². The summed E-state index contributed by atoms with van der Waals surface area (Å²) < 4.78 is 14.4. The molecule has 0 aromatic rings. The Balaban J connectivity index is 3.18. The first-order valence-electron chi connectivity index (χ1n) is 4.11. The zero-order valence-corrected chi connectivity index (χ0v) is 8.50. The van der Waals surface area contributed by atoms with Crippen molar-refractivity contribution in [2.45, 2.75) is 32.6 Å². The second kappa shape index (κ2) is 6.27. The SMILES string of the molecule is CC(=O)CCCCCOP(=O)(O)O. The van der Waals surface area contributed by atoms with E-state index in [1.54, 1.807) is 0 Å². The zero-order chi connectivity index (χ0) is 10.3. The van der Waals surface area contributed by atoms with Crippen molar-refractivity contribution in [2.24, 2.45) is 0 Å². The number of Topliss-reactive ketones (excluding diaryl/α,β-unsaturated/α-hetero) is 1. The van der Waals surface area contributed by atoms with Crippen LogP contribution in [0.2, 0.25) is 0 Å². The van der Waals surface area contributed by atoms with Gasteiger partial charge in [0.15, 0.2) is 0 Å². The Morgan fingerprint density at radius 1 is 1.31 bits per heavy atom. The first kappa shape index (κ1) is 12.8. The molecule has 0 saturated heterocycles. The molecular weight excluding hydrogens is 195 g/mol. The maximum Gasteiger partial charge on any atom is 0.469 e. The number of phosphoric acid groups is 1. The summed E-state index contributed by atoms with van der Waals surface area (Å²) in [4.78, 5) is 27.1. The highest BCUT2D eigenvalue weighted by atomic mass is 31.2. The Kier molecular flexibility index (Phi) is 6.16. The minimum atomic E-state index is -4.30. The van der Waals surface area contributed by atoms with Crippen molar-refractivity contribution in [1.29, 1.82) is 0 Å². The molecule has 6 heteroatoms. The van der Waals surface area contributed by atoms with Gasteiger partial charge in [0.1, 0.15) is 5.78 Å². The molecule has 2 N–H and O–H groups in total. The normalized spacial score (nSPS) is 11.6. The molecule has 0 fully saturated rings. The smallest absolute Gasteiger partial charge is 0.303 e. The minimum Gasteiger partial charge on any atom is -0.303 e. The Hall–Kier alpha value is -0.220. The molecule has 0 aliphatic rings. The molecule has 13 heavy (non-hydrogen) atoms. The fraction of sp³-hybridized carbons (Fsp3) is 0.857. The standard InChI is InChI=1S/C7H15O5P/c1-7(8)5-3-2-4-6-12-13(9,10)11/h2-6H2,1H3,(H2,9,10,11). The lowest BCUT2D eigenvalue weighted by atomic mass is 10.1. The zero-order valence-electron chi connectivity index (χ0n) is 7.60. The molecule has 0 bridgehead atoms. The van der Waals surface area contributed by atoms with Crippen molar-refractivity contribution >= 4 is 13.6 Å². The number of carbonyl (C=O) groups is 1. The highest BCUT2D eigenvalue weighted by molar-refractivity contribution is 7.46. The van der Waals surface area contributed by atoms with Crippen LogP contribution in [0.3, 0.4) is 0 Å². The lowest BCUT2D eigenvalue weighted by molar-refractivity contribution is -0.117. The molecule has 0 unspecified atom stereocenters.